The minimum atomic E-state index is 0.335. The quantitative estimate of drug-likeness (QED) is 0.592. The topological polar surface area (TPSA) is 20.2 Å². The first-order chi connectivity index (χ1) is 5.57. The van der Waals surface area contributed by atoms with Crippen LogP contribution >= 0.6 is 0 Å². The highest BCUT2D eigenvalue weighted by Gasteiger charge is 2.58. The molecule has 1 N–H and O–H groups in total. The van der Waals surface area contributed by atoms with Gasteiger partial charge >= 0.3 is 0 Å². The monoisotopic (exact) mass is 166 g/mol. The van der Waals surface area contributed by atoms with Gasteiger partial charge in [0.2, 0.25) is 0 Å². The van der Waals surface area contributed by atoms with Gasteiger partial charge in [-0.15, -0.1) is 0 Å². The zero-order chi connectivity index (χ0) is 8.93. The van der Waals surface area contributed by atoms with Crippen LogP contribution in [-0.4, -0.2) is 11.7 Å². The van der Waals surface area contributed by atoms with Crippen molar-refractivity contribution in [2.75, 3.05) is 6.61 Å². The summed E-state index contributed by atoms with van der Waals surface area (Å²) in [6.07, 6.45) is 3.59. The fourth-order valence-electron chi connectivity index (χ4n) is 2.70. The van der Waals surface area contributed by atoms with E-state index >= 15 is 0 Å². The molecule has 2 aliphatic rings. The predicted octanol–water partition coefficient (Wildman–Crippen LogP) is 2.22. The molecule has 0 heterocycles. The second-order valence-corrected chi connectivity index (χ2v) is 4.98. The molecule has 2 aliphatic carbocycles. The van der Waals surface area contributed by atoms with Crippen molar-refractivity contribution in [2.45, 2.75) is 27.2 Å². The average molecular weight is 166 g/mol. The Bertz CT molecular complexity index is 227. The third-order valence-corrected chi connectivity index (χ3v) is 3.98. The van der Waals surface area contributed by atoms with Crippen molar-refractivity contribution < 1.29 is 5.11 Å². The van der Waals surface area contributed by atoms with E-state index in [4.69, 9.17) is 5.11 Å². The second-order valence-electron chi connectivity index (χ2n) is 4.98. The van der Waals surface area contributed by atoms with Crippen LogP contribution in [-0.2, 0) is 0 Å². The Morgan fingerprint density at radius 1 is 1.58 bits per heavy atom. The summed E-state index contributed by atoms with van der Waals surface area (Å²) in [6.45, 7) is 7.17. The average Bonchev–Trinajstić information content (AvgIpc) is 2.52. The van der Waals surface area contributed by atoms with Crippen LogP contribution in [0.2, 0.25) is 0 Å². The first-order valence-corrected chi connectivity index (χ1v) is 4.86. The molecular weight excluding hydrogens is 148 g/mol. The third-order valence-electron chi connectivity index (χ3n) is 3.98. The summed E-state index contributed by atoms with van der Waals surface area (Å²) in [5.41, 5.74) is 1.93. The summed E-state index contributed by atoms with van der Waals surface area (Å²) in [7, 11) is 0. The van der Waals surface area contributed by atoms with Crippen molar-refractivity contribution in [3.05, 3.63) is 11.6 Å². The first-order valence-electron chi connectivity index (χ1n) is 4.86. The lowest BCUT2D eigenvalue weighted by Crippen LogP contribution is -2.12. The number of aliphatic hydroxyl groups is 1. The number of allylic oxidation sites excluding steroid dienone is 1. The molecule has 1 nitrogen and oxygen atoms in total. The van der Waals surface area contributed by atoms with E-state index in [0.29, 0.717) is 17.9 Å². The van der Waals surface area contributed by atoms with E-state index in [0.717, 1.165) is 11.8 Å². The van der Waals surface area contributed by atoms with Gasteiger partial charge in [0.25, 0.3) is 0 Å². The van der Waals surface area contributed by atoms with E-state index in [1.807, 2.05) is 0 Å². The van der Waals surface area contributed by atoms with Crippen LogP contribution in [0.4, 0.5) is 0 Å². The number of rotatable bonds is 1. The minimum absolute atomic E-state index is 0.335. The van der Waals surface area contributed by atoms with Gasteiger partial charge in [-0.05, 0) is 30.6 Å². The van der Waals surface area contributed by atoms with Gasteiger partial charge in [0.05, 0.1) is 0 Å². The number of hydrogen-bond donors (Lipinski definition) is 1. The van der Waals surface area contributed by atoms with E-state index < -0.39 is 0 Å². The first kappa shape index (κ1) is 8.31. The van der Waals surface area contributed by atoms with Crippen LogP contribution in [0.25, 0.3) is 0 Å². The van der Waals surface area contributed by atoms with E-state index in [2.05, 4.69) is 26.8 Å². The summed E-state index contributed by atoms with van der Waals surface area (Å²) in [4.78, 5) is 0. The summed E-state index contributed by atoms with van der Waals surface area (Å²) in [6, 6.07) is 0. The standard InChI is InChI=1S/C11H18O/c1-7-4-9-10(11(9,2)3)5-8(7)6-12/h4,8-10,12H,5-6H2,1-3H3/t8-,9+,10-/m1/s1. The number of fused-ring (bicyclic) bond motifs is 1. The molecule has 0 aromatic heterocycles. The molecule has 3 atom stereocenters. The summed E-state index contributed by atoms with van der Waals surface area (Å²) in [5, 5.41) is 9.13. The molecule has 12 heavy (non-hydrogen) atoms. The SMILES string of the molecule is CC1=C[C@H]2[C@@H](C[C@@H]1CO)C2(C)C. The fraction of sp³-hybridized carbons (Fsp3) is 0.818. The second kappa shape index (κ2) is 2.35. The molecule has 0 spiro atoms. The maximum absolute atomic E-state index is 9.13. The zero-order valence-corrected chi connectivity index (χ0v) is 8.17. The molecule has 0 aliphatic heterocycles. The third kappa shape index (κ3) is 0.957. The largest absolute Gasteiger partial charge is 0.396 e. The van der Waals surface area contributed by atoms with Gasteiger partial charge < -0.3 is 5.11 Å². The van der Waals surface area contributed by atoms with Crippen molar-refractivity contribution >= 4 is 0 Å². The van der Waals surface area contributed by atoms with Gasteiger partial charge in [0.15, 0.2) is 0 Å². The van der Waals surface area contributed by atoms with Gasteiger partial charge in [-0.1, -0.05) is 25.5 Å². The number of hydrogen-bond acceptors (Lipinski definition) is 1. The van der Waals surface area contributed by atoms with Crippen molar-refractivity contribution in [3.8, 4) is 0 Å². The Labute approximate surface area is 74.5 Å². The van der Waals surface area contributed by atoms with Crippen molar-refractivity contribution in [2.24, 2.45) is 23.2 Å². The van der Waals surface area contributed by atoms with E-state index in [-0.39, 0.29) is 0 Å². The Morgan fingerprint density at radius 3 is 2.83 bits per heavy atom. The molecule has 0 unspecified atom stereocenters. The van der Waals surface area contributed by atoms with Crippen LogP contribution in [0, 0.1) is 23.2 Å². The summed E-state index contributed by atoms with van der Waals surface area (Å²) >= 11 is 0. The van der Waals surface area contributed by atoms with Crippen LogP contribution in [0.15, 0.2) is 11.6 Å². The van der Waals surface area contributed by atoms with E-state index in [1.165, 1.54) is 12.0 Å². The molecule has 0 aromatic carbocycles. The molecular formula is C11H18O. The lowest BCUT2D eigenvalue weighted by molar-refractivity contribution is 0.227. The Morgan fingerprint density at radius 2 is 2.25 bits per heavy atom. The highest BCUT2D eigenvalue weighted by Crippen LogP contribution is 2.64. The highest BCUT2D eigenvalue weighted by molar-refractivity contribution is 5.24. The van der Waals surface area contributed by atoms with Crippen LogP contribution in [0.1, 0.15) is 27.2 Å². The maximum Gasteiger partial charge on any atom is 0.0496 e. The normalized spacial score (nSPS) is 43.3. The van der Waals surface area contributed by atoms with E-state index in [9.17, 15) is 0 Å². The minimum Gasteiger partial charge on any atom is -0.396 e. The molecule has 0 aromatic rings. The van der Waals surface area contributed by atoms with Gasteiger partial charge in [-0.2, -0.15) is 0 Å². The molecule has 1 fully saturated rings. The van der Waals surface area contributed by atoms with E-state index in [1.54, 1.807) is 0 Å². The molecule has 0 saturated heterocycles. The lowest BCUT2D eigenvalue weighted by Gasteiger charge is -2.18. The predicted molar refractivity (Wildman–Crippen MR) is 49.7 cm³/mol. The highest BCUT2D eigenvalue weighted by atomic mass is 16.3. The van der Waals surface area contributed by atoms with Gasteiger partial charge in [-0.3, -0.25) is 0 Å². The lowest BCUT2D eigenvalue weighted by atomic mass is 9.89. The Hall–Kier alpha value is -0.300. The van der Waals surface area contributed by atoms with Gasteiger partial charge in [0, 0.05) is 12.5 Å². The van der Waals surface area contributed by atoms with Gasteiger partial charge in [-0.25, -0.2) is 0 Å². The maximum atomic E-state index is 9.13. The Balaban J connectivity index is 2.16. The Kier molecular flexibility index (Phi) is 1.63. The molecule has 68 valence electrons. The molecule has 1 heteroatoms. The van der Waals surface area contributed by atoms with Crippen molar-refractivity contribution in [1.29, 1.82) is 0 Å². The summed E-state index contributed by atoms with van der Waals surface area (Å²) in [5.74, 6) is 2.10. The molecule has 2 rings (SSSR count). The fourth-order valence-corrected chi connectivity index (χ4v) is 2.70. The molecule has 0 bridgehead atoms. The van der Waals surface area contributed by atoms with Crippen LogP contribution in [0.3, 0.4) is 0 Å². The smallest absolute Gasteiger partial charge is 0.0496 e. The van der Waals surface area contributed by atoms with Crippen LogP contribution in [0.5, 0.6) is 0 Å². The molecule has 0 amide bonds. The zero-order valence-electron chi connectivity index (χ0n) is 8.17. The van der Waals surface area contributed by atoms with Crippen LogP contribution < -0.4 is 0 Å². The van der Waals surface area contributed by atoms with Gasteiger partial charge in [0.1, 0.15) is 0 Å². The molecule has 1 saturated carbocycles. The van der Waals surface area contributed by atoms with Crippen molar-refractivity contribution in [3.63, 3.8) is 0 Å². The van der Waals surface area contributed by atoms with Crippen molar-refractivity contribution in [1.82, 2.24) is 0 Å². The number of aliphatic hydroxyl groups excluding tert-OH is 1. The summed E-state index contributed by atoms with van der Waals surface area (Å²) < 4.78 is 0. The molecule has 0 radical (unpaired) electrons.